The summed E-state index contributed by atoms with van der Waals surface area (Å²) in [6, 6.07) is 3.71. The van der Waals surface area contributed by atoms with Crippen LogP contribution in [0.2, 0.25) is 5.02 Å². The van der Waals surface area contributed by atoms with Crippen molar-refractivity contribution in [3.05, 3.63) is 34.6 Å². The first-order valence-corrected chi connectivity index (χ1v) is 6.05. The van der Waals surface area contributed by atoms with E-state index in [2.05, 4.69) is 10.6 Å². The third kappa shape index (κ3) is 2.79. The molecule has 2 atom stereocenters. The van der Waals surface area contributed by atoms with E-state index in [1.54, 1.807) is 6.07 Å². The minimum absolute atomic E-state index is 0.00380. The largest absolute Gasteiger partial charge is 0.350 e. The summed E-state index contributed by atoms with van der Waals surface area (Å²) in [6.45, 7) is 0.473. The molecular weight excluding hydrogens is 262 g/mol. The number of alkyl halides is 1. The highest BCUT2D eigenvalue weighted by Gasteiger charge is 2.32. The van der Waals surface area contributed by atoms with E-state index in [0.717, 1.165) is 0 Å². The van der Waals surface area contributed by atoms with E-state index in [1.807, 2.05) is 0 Å². The quantitative estimate of drug-likeness (QED) is 0.882. The molecule has 3 nitrogen and oxygen atoms in total. The Morgan fingerprint density at radius 3 is 3.00 bits per heavy atom. The van der Waals surface area contributed by atoms with Gasteiger partial charge in [0.1, 0.15) is 18.0 Å². The molecule has 0 aliphatic carbocycles. The minimum atomic E-state index is -1.19. The van der Waals surface area contributed by atoms with Crippen molar-refractivity contribution in [2.45, 2.75) is 25.2 Å². The molecule has 0 saturated carbocycles. The number of hydrogen-bond acceptors (Lipinski definition) is 2. The van der Waals surface area contributed by atoms with Crippen LogP contribution in [0.25, 0.3) is 0 Å². The maximum atomic E-state index is 13.5. The minimum Gasteiger partial charge on any atom is -0.350 e. The molecule has 2 unspecified atom stereocenters. The van der Waals surface area contributed by atoms with Gasteiger partial charge in [0.25, 0.3) is 0 Å². The van der Waals surface area contributed by atoms with E-state index >= 15 is 0 Å². The van der Waals surface area contributed by atoms with Gasteiger partial charge in [0.2, 0.25) is 5.91 Å². The van der Waals surface area contributed by atoms with Gasteiger partial charge in [-0.05, 0) is 19.0 Å². The molecule has 0 bridgehead atoms. The smallest absolute Gasteiger partial charge is 0.240 e. The molecule has 1 aromatic rings. The van der Waals surface area contributed by atoms with Crippen LogP contribution in [-0.4, -0.2) is 24.7 Å². The molecule has 98 valence electrons. The van der Waals surface area contributed by atoms with Crippen molar-refractivity contribution in [1.29, 1.82) is 0 Å². The van der Waals surface area contributed by atoms with E-state index in [0.29, 0.717) is 13.0 Å². The summed E-state index contributed by atoms with van der Waals surface area (Å²) in [4.78, 5) is 11.7. The lowest BCUT2D eigenvalue weighted by Gasteiger charge is -2.13. The Labute approximate surface area is 109 Å². The zero-order valence-corrected chi connectivity index (χ0v) is 10.3. The van der Waals surface area contributed by atoms with Gasteiger partial charge in [-0.15, -0.1) is 0 Å². The number of carbonyl (C=O) groups is 1. The average molecular weight is 275 g/mol. The summed E-state index contributed by atoms with van der Waals surface area (Å²) >= 11 is 5.62. The standard InChI is InChI=1S/C12H13ClF2N2O/c13-8-3-1-2-7(10(8)15)6-17-12(18)11-9(14)4-5-16-11/h1-3,9,11,16H,4-6H2,(H,17,18). The highest BCUT2D eigenvalue weighted by atomic mass is 35.5. The lowest BCUT2D eigenvalue weighted by molar-refractivity contribution is -0.124. The molecule has 0 spiro atoms. The second kappa shape index (κ2) is 5.63. The van der Waals surface area contributed by atoms with Gasteiger partial charge in [0, 0.05) is 12.1 Å². The summed E-state index contributed by atoms with van der Waals surface area (Å²) in [5.74, 6) is -1.02. The summed E-state index contributed by atoms with van der Waals surface area (Å²) < 4.78 is 26.8. The van der Waals surface area contributed by atoms with Gasteiger partial charge in [0.05, 0.1) is 5.02 Å². The number of amides is 1. The van der Waals surface area contributed by atoms with Gasteiger partial charge in [-0.25, -0.2) is 8.78 Å². The molecule has 0 radical (unpaired) electrons. The lowest BCUT2D eigenvalue weighted by Crippen LogP contribution is -2.44. The first kappa shape index (κ1) is 13.2. The predicted octanol–water partition coefficient (Wildman–Crippen LogP) is 1.80. The molecule has 1 heterocycles. The van der Waals surface area contributed by atoms with E-state index in [4.69, 9.17) is 11.6 Å². The van der Waals surface area contributed by atoms with Crippen LogP contribution < -0.4 is 10.6 Å². The third-order valence-corrected chi connectivity index (χ3v) is 3.21. The molecule has 1 aliphatic heterocycles. The fraction of sp³-hybridized carbons (Fsp3) is 0.417. The normalized spacial score (nSPS) is 23.1. The maximum Gasteiger partial charge on any atom is 0.240 e. The topological polar surface area (TPSA) is 41.1 Å². The third-order valence-electron chi connectivity index (χ3n) is 2.91. The Hall–Kier alpha value is -1.20. The Kier molecular flexibility index (Phi) is 4.14. The van der Waals surface area contributed by atoms with Crippen molar-refractivity contribution in [3.63, 3.8) is 0 Å². The number of halogens is 3. The Balaban J connectivity index is 1.95. The number of rotatable bonds is 3. The van der Waals surface area contributed by atoms with E-state index in [9.17, 15) is 13.6 Å². The second-order valence-corrected chi connectivity index (χ2v) is 4.57. The first-order valence-electron chi connectivity index (χ1n) is 5.67. The molecule has 1 aromatic carbocycles. The van der Waals surface area contributed by atoms with Crippen LogP contribution in [0.1, 0.15) is 12.0 Å². The van der Waals surface area contributed by atoms with Gasteiger partial charge >= 0.3 is 0 Å². The SMILES string of the molecule is O=C(NCc1cccc(Cl)c1F)C1NCCC1F. The Bertz CT molecular complexity index is 456. The average Bonchev–Trinajstić information content (AvgIpc) is 2.77. The zero-order chi connectivity index (χ0) is 13.1. The number of benzene rings is 1. The molecule has 1 saturated heterocycles. The van der Waals surface area contributed by atoms with Gasteiger partial charge in [-0.1, -0.05) is 23.7 Å². The fourth-order valence-electron chi connectivity index (χ4n) is 1.91. The summed E-state index contributed by atoms with van der Waals surface area (Å²) in [5.41, 5.74) is 0.282. The van der Waals surface area contributed by atoms with Gasteiger partial charge in [-0.3, -0.25) is 4.79 Å². The van der Waals surface area contributed by atoms with Crippen molar-refractivity contribution in [2.24, 2.45) is 0 Å². The zero-order valence-electron chi connectivity index (χ0n) is 9.55. The van der Waals surface area contributed by atoms with Crippen LogP contribution in [0.4, 0.5) is 8.78 Å². The Morgan fingerprint density at radius 2 is 2.33 bits per heavy atom. The van der Waals surface area contributed by atoms with E-state index in [-0.39, 0.29) is 17.1 Å². The molecule has 6 heteroatoms. The maximum absolute atomic E-state index is 13.5. The molecule has 1 fully saturated rings. The number of hydrogen-bond donors (Lipinski definition) is 2. The summed E-state index contributed by atoms with van der Waals surface area (Å²) in [7, 11) is 0. The van der Waals surface area contributed by atoms with Crippen LogP contribution >= 0.6 is 11.6 Å². The van der Waals surface area contributed by atoms with Crippen LogP contribution in [0.5, 0.6) is 0 Å². The fourth-order valence-corrected chi connectivity index (χ4v) is 2.10. The van der Waals surface area contributed by atoms with Crippen LogP contribution in [0.3, 0.4) is 0 Å². The van der Waals surface area contributed by atoms with Gasteiger partial charge < -0.3 is 10.6 Å². The highest BCUT2D eigenvalue weighted by Crippen LogP contribution is 2.18. The van der Waals surface area contributed by atoms with Crippen LogP contribution in [0.15, 0.2) is 18.2 Å². The summed E-state index contributed by atoms with van der Waals surface area (Å²) in [6.07, 6.45) is -0.863. The van der Waals surface area contributed by atoms with Crippen LogP contribution in [0, 0.1) is 5.82 Å². The highest BCUT2D eigenvalue weighted by molar-refractivity contribution is 6.30. The molecule has 1 amide bonds. The van der Waals surface area contributed by atoms with E-state index < -0.39 is 23.9 Å². The molecule has 2 rings (SSSR count). The Morgan fingerprint density at radius 1 is 1.56 bits per heavy atom. The number of carbonyl (C=O) groups excluding carboxylic acids is 1. The summed E-state index contributed by atoms with van der Waals surface area (Å²) in [5, 5.41) is 5.26. The molecule has 0 aromatic heterocycles. The van der Waals surface area contributed by atoms with Crippen LogP contribution in [-0.2, 0) is 11.3 Å². The predicted molar refractivity (Wildman–Crippen MR) is 64.6 cm³/mol. The number of nitrogens with one attached hydrogen (secondary N) is 2. The van der Waals surface area contributed by atoms with Crippen molar-refractivity contribution >= 4 is 17.5 Å². The molecular formula is C12H13ClF2N2O. The van der Waals surface area contributed by atoms with Gasteiger partial charge in [0.15, 0.2) is 0 Å². The molecule has 18 heavy (non-hydrogen) atoms. The molecule has 1 aliphatic rings. The monoisotopic (exact) mass is 274 g/mol. The van der Waals surface area contributed by atoms with Crippen molar-refractivity contribution in [2.75, 3.05) is 6.54 Å². The molecule has 2 N–H and O–H groups in total. The lowest BCUT2D eigenvalue weighted by atomic mass is 10.1. The van der Waals surface area contributed by atoms with Crippen molar-refractivity contribution < 1.29 is 13.6 Å². The van der Waals surface area contributed by atoms with Crippen molar-refractivity contribution in [3.8, 4) is 0 Å². The first-order chi connectivity index (χ1) is 8.59. The second-order valence-electron chi connectivity index (χ2n) is 4.17. The van der Waals surface area contributed by atoms with E-state index in [1.165, 1.54) is 12.1 Å². The van der Waals surface area contributed by atoms with Crippen molar-refractivity contribution in [1.82, 2.24) is 10.6 Å². The van der Waals surface area contributed by atoms with Gasteiger partial charge in [-0.2, -0.15) is 0 Å².